The second kappa shape index (κ2) is 4.45. The van der Waals surface area contributed by atoms with Crippen LogP contribution in [0, 0.1) is 5.41 Å². The lowest BCUT2D eigenvalue weighted by molar-refractivity contribution is 0.0837. The first-order valence-corrected chi connectivity index (χ1v) is 6.78. The molecule has 0 aliphatic rings. The molecule has 0 aliphatic heterocycles. The minimum absolute atomic E-state index is 0.219. The maximum Gasteiger partial charge on any atom is 0.178 e. The largest absolute Gasteiger partial charge is 0.293 e. The lowest BCUT2D eigenvalue weighted by Gasteiger charge is -2.19. The Morgan fingerprint density at radius 2 is 2.07 bits per heavy atom. The summed E-state index contributed by atoms with van der Waals surface area (Å²) in [6.07, 6.45) is 0.860. The third-order valence-corrected chi connectivity index (χ3v) is 5.62. The number of carbonyl (C=O) groups is 1. The van der Waals surface area contributed by atoms with E-state index in [4.69, 9.17) is 0 Å². The molecule has 14 heavy (non-hydrogen) atoms. The van der Waals surface area contributed by atoms with E-state index in [-0.39, 0.29) is 11.2 Å². The van der Waals surface area contributed by atoms with Gasteiger partial charge < -0.3 is 0 Å². The van der Waals surface area contributed by atoms with Gasteiger partial charge in [-0.05, 0) is 44.3 Å². The molecule has 1 nitrogen and oxygen atoms in total. The van der Waals surface area contributed by atoms with Gasteiger partial charge in [-0.1, -0.05) is 20.8 Å². The number of hydrogen-bond acceptors (Lipinski definition) is 2. The van der Waals surface area contributed by atoms with Crippen molar-refractivity contribution < 1.29 is 4.79 Å². The highest BCUT2D eigenvalue weighted by Gasteiger charge is 2.28. The standard InChI is InChI=1S/C10H12Br2OS/c1-4-10(2,3)8(13)7-5-6(11)9(12)14-7/h5H,4H2,1-3H3. The zero-order chi connectivity index (χ0) is 10.9. The Bertz CT molecular complexity index is 336. The summed E-state index contributed by atoms with van der Waals surface area (Å²) < 4.78 is 1.94. The van der Waals surface area contributed by atoms with E-state index in [1.807, 2.05) is 26.8 Å². The Morgan fingerprint density at radius 1 is 1.50 bits per heavy atom. The van der Waals surface area contributed by atoms with E-state index in [1.165, 1.54) is 11.3 Å². The average Bonchev–Trinajstić information content (AvgIpc) is 2.45. The smallest absolute Gasteiger partial charge is 0.178 e. The van der Waals surface area contributed by atoms with E-state index >= 15 is 0 Å². The number of thiophene rings is 1. The number of Topliss-reactive ketones (excluding diaryl/α,β-unsaturated/α-hetero) is 1. The predicted octanol–water partition coefficient (Wildman–Crippen LogP) is 4.89. The number of rotatable bonds is 3. The molecule has 0 saturated carbocycles. The molecule has 0 aromatic carbocycles. The van der Waals surface area contributed by atoms with Crippen LogP contribution in [0.3, 0.4) is 0 Å². The minimum Gasteiger partial charge on any atom is -0.293 e. The van der Waals surface area contributed by atoms with Crippen molar-refractivity contribution in [2.75, 3.05) is 0 Å². The van der Waals surface area contributed by atoms with Gasteiger partial charge >= 0.3 is 0 Å². The van der Waals surface area contributed by atoms with Gasteiger partial charge in [-0.3, -0.25) is 4.79 Å². The highest BCUT2D eigenvalue weighted by atomic mass is 79.9. The highest BCUT2D eigenvalue weighted by molar-refractivity contribution is 9.13. The summed E-state index contributed by atoms with van der Waals surface area (Å²) in [6.45, 7) is 6.00. The van der Waals surface area contributed by atoms with Crippen LogP contribution in [0.5, 0.6) is 0 Å². The fourth-order valence-corrected chi connectivity index (χ4v) is 3.11. The average molecular weight is 340 g/mol. The molecular weight excluding hydrogens is 328 g/mol. The van der Waals surface area contributed by atoms with E-state index in [0.717, 1.165) is 19.6 Å². The molecule has 0 radical (unpaired) electrons. The van der Waals surface area contributed by atoms with Gasteiger partial charge in [-0.15, -0.1) is 11.3 Å². The maximum absolute atomic E-state index is 12.0. The van der Waals surface area contributed by atoms with E-state index in [0.29, 0.717) is 0 Å². The molecule has 0 fully saturated rings. The second-order valence-electron chi connectivity index (χ2n) is 3.80. The van der Waals surface area contributed by atoms with Crippen molar-refractivity contribution in [2.45, 2.75) is 27.2 Å². The first kappa shape index (κ1) is 12.4. The van der Waals surface area contributed by atoms with Crippen LogP contribution in [0.25, 0.3) is 0 Å². The second-order valence-corrected chi connectivity index (χ2v) is 7.02. The van der Waals surface area contributed by atoms with Crippen molar-refractivity contribution in [1.29, 1.82) is 0 Å². The molecule has 0 saturated heterocycles. The molecule has 0 amide bonds. The van der Waals surface area contributed by atoms with Gasteiger partial charge in [-0.2, -0.15) is 0 Å². The van der Waals surface area contributed by atoms with E-state index in [1.54, 1.807) is 0 Å². The number of ketones is 1. The summed E-state index contributed by atoms with van der Waals surface area (Å²) in [6, 6.07) is 1.88. The lowest BCUT2D eigenvalue weighted by atomic mass is 9.85. The van der Waals surface area contributed by atoms with Crippen LogP contribution < -0.4 is 0 Å². The Balaban J connectivity index is 3.01. The van der Waals surface area contributed by atoms with Gasteiger partial charge in [0.2, 0.25) is 0 Å². The van der Waals surface area contributed by atoms with E-state index < -0.39 is 0 Å². The SMILES string of the molecule is CCC(C)(C)C(=O)c1cc(Br)c(Br)s1. The van der Waals surface area contributed by atoms with E-state index in [9.17, 15) is 4.79 Å². The van der Waals surface area contributed by atoms with Crippen LogP contribution in [-0.4, -0.2) is 5.78 Å². The molecule has 0 aliphatic carbocycles. The molecule has 1 heterocycles. The van der Waals surface area contributed by atoms with Crippen molar-refractivity contribution in [3.63, 3.8) is 0 Å². The van der Waals surface area contributed by atoms with Gasteiger partial charge in [-0.25, -0.2) is 0 Å². The van der Waals surface area contributed by atoms with Gasteiger partial charge in [0.15, 0.2) is 5.78 Å². The predicted molar refractivity (Wildman–Crippen MR) is 68.1 cm³/mol. The van der Waals surface area contributed by atoms with Crippen LogP contribution in [-0.2, 0) is 0 Å². The number of hydrogen-bond donors (Lipinski definition) is 0. The zero-order valence-electron chi connectivity index (χ0n) is 8.36. The number of halogens is 2. The first-order valence-electron chi connectivity index (χ1n) is 4.38. The Kier molecular flexibility index (Phi) is 3.95. The molecule has 1 aromatic heterocycles. The minimum atomic E-state index is -0.260. The molecule has 0 atom stereocenters. The molecule has 0 N–H and O–H groups in total. The Labute approximate surface area is 105 Å². The van der Waals surface area contributed by atoms with Crippen LogP contribution in [0.4, 0.5) is 0 Å². The molecule has 78 valence electrons. The Hall–Kier alpha value is 0.330. The third-order valence-electron chi connectivity index (χ3n) is 2.37. The van der Waals surface area contributed by atoms with Crippen molar-refractivity contribution in [2.24, 2.45) is 5.41 Å². The van der Waals surface area contributed by atoms with Gasteiger partial charge in [0.25, 0.3) is 0 Å². The molecule has 0 unspecified atom stereocenters. The molecule has 0 bridgehead atoms. The topological polar surface area (TPSA) is 17.1 Å². The van der Waals surface area contributed by atoms with Crippen molar-refractivity contribution in [3.05, 3.63) is 19.2 Å². The monoisotopic (exact) mass is 338 g/mol. The summed E-state index contributed by atoms with van der Waals surface area (Å²) in [5, 5.41) is 0. The van der Waals surface area contributed by atoms with Crippen LogP contribution in [0.1, 0.15) is 36.9 Å². The molecule has 1 rings (SSSR count). The zero-order valence-corrected chi connectivity index (χ0v) is 12.3. The highest BCUT2D eigenvalue weighted by Crippen LogP contribution is 2.36. The lowest BCUT2D eigenvalue weighted by Crippen LogP contribution is -2.22. The van der Waals surface area contributed by atoms with Gasteiger partial charge in [0.05, 0.1) is 8.66 Å². The summed E-state index contributed by atoms with van der Waals surface area (Å²) in [4.78, 5) is 12.8. The van der Waals surface area contributed by atoms with Crippen molar-refractivity contribution in [1.82, 2.24) is 0 Å². The maximum atomic E-state index is 12.0. The normalized spacial score (nSPS) is 11.8. The van der Waals surface area contributed by atoms with E-state index in [2.05, 4.69) is 31.9 Å². The third kappa shape index (κ3) is 2.47. The van der Waals surface area contributed by atoms with Gasteiger partial charge in [0.1, 0.15) is 0 Å². The van der Waals surface area contributed by atoms with Gasteiger partial charge in [0, 0.05) is 9.89 Å². The van der Waals surface area contributed by atoms with Crippen LogP contribution in [0.2, 0.25) is 0 Å². The first-order chi connectivity index (χ1) is 6.38. The fraction of sp³-hybridized carbons (Fsp3) is 0.500. The van der Waals surface area contributed by atoms with Crippen LogP contribution in [0.15, 0.2) is 14.3 Å². The quantitative estimate of drug-likeness (QED) is 0.716. The molecule has 4 heteroatoms. The molecule has 1 aromatic rings. The fourth-order valence-electron chi connectivity index (χ4n) is 0.953. The molecular formula is C10H12Br2OS. The molecule has 0 spiro atoms. The van der Waals surface area contributed by atoms with Crippen molar-refractivity contribution >= 4 is 49.0 Å². The summed E-state index contributed by atoms with van der Waals surface area (Å²) in [5.74, 6) is 0.219. The van der Waals surface area contributed by atoms with Crippen molar-refractivity contribution in [3.8, 4) is 0 Å². The Morgan fingerprint density at radius 3 is 2.43 bits per heavy atom. The summed E-state index contributed by atoms with van der Waals surface area (Å²) in [7, 11) is 0. The van der Waals surface area contributed by atoms with Crippen LogP contribution >= 0.6 is 43.2 Å². The number of carbonyl (C=O) groups excluding carboxylic acids is 1. The summed E-state index contributed by atoms with van der Waals surface area (Å²) in [5.41, 5.74) is -0.260. The summed E-state index contributed by atoms with van der Waals surface area (Å²) >= 11 is 8.26.